The van der Waals surface area contributed by atoms with Gasteiger partial charge in [0, 0.05) is 18.2 Å². The lowest BCUT2D eigenvalue weighted by molar-refractivity contribution is -0.114. The Morgan fingerprint density at radius 1 is 1.04 bits per heavy atom. The van der Waals surface area contributed by atoms with Crippen molar-refractivity contribution in [3.8, 4) is 0 Å². The van der Waals surface area contributed by atoms with Crippen molar-refractivity contribution >= 4 is 23.3 Å². The summed E-state index contributed by atoms with van der Waals surface area (Å²) in [6, 6.07) is 11.9. The predicted molar refractivity (Wildman–Crippen MR) is 91.3 cm³/mol. The highest BCUT2D eigenvalue weighted by atomic mass is 16.5. The maximum atomic E-state index is 12.2. The van der Waals surface area contributed by atoms with Gasteiger partial charge in [-0.2, -0.15) is 0 Å². The number of amides is 1. The molecular weight excluding hydrogens is 306 g/mol. The van der Waals surface area contributed by atoms with Crippen molar-refractivity contribution in [1.82, 2.24) is 0 Å². The molecule has 0 radical (unpaired) electrons. The zero-order chi connectivity index (χ0) is 17.7. The maximum absolute atomic E-state index is 12.2. The Bertz CT molecular complexity index is 796. The number of carbonyl (C=O) groups is 3. The van der Waals surface area contributed by atoms with E-state index in [1.807, 2.05) is 26.0 Å². The largest absolute Gasteiger partial charge is 0.454 e. The SMILES string of the molecule is CC(=O)Nc1cccc(C(=O)OCC(=O)c2cc(C)ccc2C)c1. The van der Waals surface area contributed by atoms with Gasteiger partial charge in [-0.1, -0.05) is 23.8 Å². The molecule has 0 saturated carbocycles. The van der Waals surface area contributed by atoms with E-state index in [0.717, 1.165) is 11.1 Å². The van der Waals surface area contributed by atoms with Crippen LogP contribution in [-0.2, 0) is 9.53 Å². The molecule has 0 spiro atoms. The molecule has 0 aliphatic carbocycles. The zero-order valence-electron chi connectivity index (χ0n) is 13.9. The summed E-state index contributed by atoms with van der Waals surface area (Å²) in [4.78, 5) is 35.4. The van der Waals surface area contributed by atoms with Crippen molar-refractivity contribution in [2.24, 2.45) is 0 Å². The number of anilines is 1. The third-order valence-electron chi connectivity index (χ3n) is 3.45. The average Bonchev–Trinajstić information content (AvgIpc) is 2.54. The molecule has 0 atom stereocenters. The first-order chi connectivity index (χ1) is 11.4. The van der Waals surface area contributed by atoms with Crippen LogP contribution in [0.25, 0.3) is 0 Å². The zero-order valence-corrected chi connectivity index (χ0v) is 13.9. The molecule has 0 aromatic heterocycles. The van der Waals surface area contributed by atoms with Gasteiger partial charge in [-0.05, 0) is 43.7 Å². The molecule has 0 aliphatic heterocycles. The molecule has 0 heterocycles. The van der Waals surface area contributed by atoms with E-state index in [2.05, 4.69) is 5.32 Å². The monoisotopic (exact) mass is 325 g/mol. The molecule has 0 unspecified atom stereocenters. The van der Waals surface area contributed by atoms with Gasteiger partial charge < -0.3 is 10.1 Å². The number of rotatable bonds is 5. The highest BCUT2D eigenvalue weighted by Crippen LogP contribution is 2.14. The van der Waals surface area contributed by atoms with E-state index in [-0.39, 0.29) is 23.9 Å². The minimum atomic E-state index is -0.610. The lowest BCUT2D eigenvalue weighted by Gasteiger charge is -2.08. The first-order valence-corrected chi connectivity index (χ1v) is 7.52. The Morgan fingerprint density at radius 3 is 2.50 bits per heavy atom. The minimum absolute atomic E-state index is 0.231. The molecular formula is C19H19NO4. The number of hydrogen-bond donors (Lipinski definition) is 1. The molecule has 1 N–H and O–H groups in total. The van der Waals surface area contributed by atoms with Gasteiger partial charge in [0.15, 0.2) is 6.61 Å². The van der Waals surface area contributed by atoms with Crippen LogP contribution in [-0.4, -0.2) is 24.3 Å². The van der Waals surface area contributed by atoms with Gasteiger partial charge in [-0.25, -0.2) is 4.79 Å². The van der Waals surface area contributed by atoms with Gasteiger partial charge in [-0.3, -0.25) is 9.59 Å². The van der Waals surface area contributed by atoms with Crippen LogP contribution >= 0.6 is 0 Å². The van der Waals surface area contributed by atoms with Crippen LogP contribution in [0.4, 0.5) is 5.69 Å². The number of Topliss-reactive ketones (excluding diaryl/α,β-unsaturated/α-hetero) is 1. The van der Waals surface area contributed by atoms with Crippen molar-refractivity contribution in [3.63, 3.8) is 0 Å². The molecule has 124 valence electrons. The number of ether oxygens (including phenoxy) is 1. The molecule has 2 aromatic carbocycles. The van der Waals surface area contributed by atoms with Crippen molar-refractivity contribution in [1.29, 1.82) is 0 Å². The van der Waals surface area contributed by atoms with E-state index in [0.29, 0.717) is 11.3 Å². The Hall–Kier alpha value is -2.95. The number of aryl methyl sites for hydroxylation is 2. The van der Waals surface area contributed by atoms with Crippen molar-refractivity contribution in [3.05, 3.63) is 64.7 Å². The van der Waals surface area contributed by atoms with Gasteiger partial charge in [0.2, 0.25) is 11.7 Å². The second-order valence-corrected chi connectivity index (χ2v) is 5.58. The van der Waals surface area contributed by atoms with Crippen LogP contribution in [0.1, 0.15) is 38.8 Å². The van der Waals surface area contributed by atoms with E-state index < -0.39 is 5.97 Å². The quantitative estimate of drug-likeness (QED) is 0.676. The van der Waals surface area contributed by atoms with Crippen LogP contribution in [0.3, 0.4) is 0 Å². The van der Waals surface area contributed by atoms with Gasteiger partial charge in [0.1, 0.15) is 0 Å². The number of benzene rings is 2. The Labute approximate surface area is 140 Å². The average molecular weight is 325 g/mol. The van der Waals surface area contributed by atoms with E-state index in [4.69, 9.17) is 4.74 Å². The third-order valence-corrected chi connectivity index (χ3v) is 3.45. The molecule has 0 bridgehead atoms. The van der Waals surface area contributed by atoms with E-state index >= 15 is 0 Å². The van der Waals surface area contributed by atoms with E-state index in [1.165, 1.54) is 13.0 Å². The number of hydrogen-bond acceptors (Lipinski definition) is 4. The molecule has 2 aromatic rings. The third kappa shape index (κ3) is 4.52. The molecule has 0 fully saturated rings. The van der Waals surface area contributed by atoms with E-state index in [1.54, 1.807) is 24.3 Å². The predicted octanol–water partition coefficient (Wildman–Crippen LogP) is 3.30. The fourth-order valence-electron chi connectivity index (χ4n) is 2.26. The summed E-state index contributed by atoms with van der Waals surface area (Å²) in [5.74, 6) is -1.09. The summed E-state index contributed by atoms with van der Waals surface area (Å²) < 4.78 is 5.10. The minimum Gasteiger partial charge on any atom is -0.454 e. The second-order valence-electron chi connectivity index (χ2n) is 5.58. The van der Waals surface area contributed by atoms with Gasteiger partial charge in [0.25, 0.3) is 0 Å². The van der Waals surface area contributed by atoms with Crippen LogP contribution in [0, 0.1) is 13.8 Å². The first kappa shape index (κ1) is 17.4. The fourth-order valence-corrected chi connectivity index (χ4v) is 2.26. The van der Waals surface area contributed by atoms with Crippen molar-refractivity contribution < 1.29 is 19.1 Å². The Morgan fingerprint density at radius 2 is 1.79 bits per heavy atom. The topological polar surface area (TPSA) is 72.5 Å². The maximum Gasteiger partial charge on any atom is 0.338 e. The van der Waals surface area contributed by atoms with Gasteiger partial charge in [0.05, 0.1) is 5.56 Å². The Kier molecular flexibility index (Phi) is 5.47. The van der Waals surface area contributed by atoms with E-state index in [9.17, 15) is 14.4 Å². The summed E-state index contributed by atoms with van der Waals surface area (Å²) in [6.45, 7) is 4.79. The summed E-state index contributed by atoms with van der Waals surface area (Å²) in [5.41, 5.74) is 3.13. The van der Waals surface area contributed by atoms with Crippen LogP contribution in [0.15, 0.2) is 42.5 Å². The standard InChI is InChI=1S/C19H19NO4/c1-12-7-8-13(2)17(9-12)18(22)11-24-19(23)15-5-4-6-16(10-15)20-14(3)21/h4-10H,11H2,1-3H3,(H,20,21). The van der Waals surface area contributed by atoms with Crippen molar-refractivity contribution in [2.75, 3.05) is 11.9 Å². The molecule has 1 amide bonds. The molecule has 5 nitrogen and oxygen atoms in total. The smallest absolute Gasteiger partial charge is 0.338 e. The normalized spacial score (nSPS) is 10.1. The molecule has 5 heteroatoms. The highest BCUT2D eigenvalue weighted by Gasteiger charge is 2.14. The number of nitrogens with one attached hydrogen (secondary N) is 1. The Balaban J connectivity index is 2.04. The van der Waals surface area contributed by atoms with Crippen LogP contribution in [0.5, 0.6) is 0 Å². The lowest BCUT2D eigenvalue weighted by atomic mass is 10.0. The summed E-state index contributed by atoms with van der Waals surface area (Å²) in [7, 11) is 0. The second kappa shape index (κ2) is 7.55. The number of ketones is 1. The van der Waals surface area contributed by atoms with Gasteiger partial charge >= 0.3 is 5.97 Å². The van der Waals surface area contributed by atoms with Crippen LogP contribution in [0.2, 0.25) is 0 Å². The van der Waals surface area contributed by atoms with Gasteiger partial charge in [-0.15, -0.1) is 0 Å². The highest BCUT2D eigenvalue weighted by molar-refractivity contribution is 6.00. The molecule has 0 saturated heterocycles. The number of esters is 1. The summed E-state index contributed by atoms with van der Waals surface area (Å²) in [6.07, 6.45) is 0. The fraction of sp³-hybridized carbons (Fsp3) is 0.211. The molecule has 24 heavy (non-hydrogen) atoms. The molecule has 0 aliphatic rings. The summed E-state index contributed by atoms with van der Waals surface area (Å²) >= 11 is 0. The van der Waals surface area contributed by atoms with Crippen molar-refractivity contribution in [2.45, 2.75) is 20.8 Å². The molecule has 2 rings (SSSR count). The van der Waals surface area contributed by atoms with Crippen LogP contribution < -0.4 is 5.32 Å². The first-order valence-electron chi connectivity index (χ1n) is 7.52. The lowest BCUT2D eigenvalue weighted by Crippen LogP contribution is -2.15. The number of carbonyl (C=O) groups excluding carboxylic acids is 3. The summed E-state index contributed by atoms with van der Waals surface area (Å²) in [5, 5.41) is 2.59.